The summed E-state index contributed by atoms with van der Waals surface area (Å²) in [6.45, 7) is 0. The molecule has 3 aromatic heterocycles. The van der Waals surface area contributed by atoms with Gasteiger partial charge in [-0.2, -0.15) is 5.26 Å². The number of hydrogen-bond donors (Lipinski definition) is 1. The van der Waals surface area contributed by atoms with Gasteiger partial charge < -0.3 is 18.9 Å². The highest BCUT2D eigenvalue weighted by Gasteiger charge is 2.15. The first-order valence-electron chi connectivity index (χ1n) is 11.1. The van der Waals surface area contributed by atoms with Gasteiger partial charge in [-0.25, -0.2) is 9.78 Å². The van der Waals surface area contributed by atoms with Crippen molar-refractivity contribution in [1.29, 1.82) is 5.26 Å². The van der Waals surface area contributed by atoms with E-state index in [0.717, 1.165) is 26.2 Å². The number of fused-ring (bicyclic) bond motifs is 4. The summed E-state index contributed by atoms with van der Waals surface area (Å²) in [6.07, 6.45) is 1.56. The number of nitrogens with zero attached hydrogens (tertiary/aromatic N) is 2. The number of benzene rings is 3. The van der Waals surface area contributed by atoms with E-state index in [-0.39, 0.29) is 0 Å². The molecule has 0 spiro atoms. The van der Waals surface area contributed by atoms with Crippen LogP contribution in [0.15, 0.2) is 90.3 Å². The average molecular weight is 570 g/mol. The third-order valence-corrected chi connectivity index (χ3v) is 7.26. The van der Waals surface area contributed by atoms with Crippen LogP contribution in [0.2, 0.25) is 0 Å². The van der Waals surface area contributed by atoms with Gasteiger partial charge in [0.2, 0.25) is 0 Å². The van der Waals surface area contributed by atoms with Crippen LogP contribution < -0.4 is 15.7 Å². The van der Waals surface area contributed by atoms with Crippen molar-refractivity contribution in [2.45, 2.75) is 0 Å². The third-order valence-electron chi connectivity index (χ3n) is 5.90. The van der Waals surface area contributed by atoms with Gasteiger partial charge in [0.25, 0.3) is 0 Å². The predicted molar refractivity (Wildman–Crippen MR) is 149 cm³/mol. The summed E-state index contributed by atoms with van der Waals surface area (Å²) in [5, 5.41) is 17.9. The summed E-state index contributed by atoms with van der Waals surface area (Å²) in [7, 11) is 1.59. The molecule has 3 heterocycles. The summed E-state index contributed by atoms with van der Waals surface area (Å²) in [5.74, 6) is 0.604. The second kappa shape index (κ2) is 9.24. The van der Waals surface area contributed by atoms with E-state index in [1.807, 2.05) is 48.5 Å². The fourth-order valence-corrected chi connectivity index (χ4v) is 5.28. The quantitative estimate of drug-likeness (QED) is 0.169. The van der Waals surface area contributed by atoms with Crippen LogP contribution in [0.4, 0.5) is 5.69 Å². The summed E-state index contributed by atoms with van der Waals surface area (Å²) >= 11 is 4.70. The number of para-hydroxylation sites is 1. The first-order chi connectivity index (χ1) is 18.0. The van der Waals surface area contributed by atoms with E-state index in [2.05, 4.69) is 32.3 Å². The maximum absolute atomic E-state index is 12.6. The molecule has 7 nitrogen and oxygen atoms in total. The Labute approximate surface area is 222 Å². The highest BCUT2D eigenvalue weighted by molar-refractivity contribution is 9.10. The molecule has 0 fully saturated rings. The molecular weight excluding hydrogens is 554 g/mol. The van der Waals surface area contributed by atoms with Crippen LogP contribution in [0.1, 0.15) is 5.01 Å². The molecule has 0 aliphatic carbocycles. The van der Waals surface area contributed by atoms with Crippen molar-refractivity contribution in [2.75, 3.05) is 12.4 Å². The van der Waals surface area contributed by atoms with E-state index in [0.29, 0.717) is 44.4 Å². The minimum Gasteiger partial charge on any atom is -0.495 e. The molecule has 0 saturated heterocycles. The van der Waals surface area contributed by atoms with E-state index in [1.54, 1.807) is 30.8 Å². The van der Waals surface area contributed by atoms with Crippen LogP contribution in [0, 0.1) is 11.3 Å². The van der Waals surface area contributed by atoms with Crippen molar-refractivity contribution in [3.63, 3.8) is 0 Å². The van der Waals surface area contributed by atoms with Gasteiger partial charge in [0.05, 0.1) is 24.1 Å². The molecule has 0 amide bonds. The maximum Gasteiger partial charge on any atom is 0.345 e. The first-order valence-corrected chi connectivity index (χ1v) is 12.8. The van der Waals surface area contributed by atoms with Crippen LogP contribution >= 0.6 is 27.3 Å². The molecule has 0 bridgehead atoms. The Morgan fingerprint density at radius 1 is 1.08 bits per heavy atom. The topological polar surface area (TPSA) is 101 Å². The van der Waals surface area contributed by atoms with Crippen LogP contribution in [-0.2, 0) is 0 Å². The van der Waals surface area contributed by atoms with E-state index in [9.17, 15) is 10.1 Å². The van der Waals surface area contributed by atoms with Crippen molar-refractivity contribution in [3.8, 4) is 23.1 Å². The molecular formula is C28H16BrN3O4S. The lowest BCUT2D eigenvalue weighted by molar-refractivity contribution is 0.417. The normalized spacial score (nSPS) is 11.8. The second-order valence-electron chi connectivity index (χ2n) is 8.13. The summed E-state index contributed by atoms with van der Waals surface area (Å²) in [4.78, 5) is 17.1. The minimum atomic E-state index is -0.490. The Bertz CT molecular complexity index is 1960. The summed E-state index contributed by atoms with van der Waals surface area (Å²) in [6, 6.07) is 20.9. The molecule has 0 aliphatic heterocycles. The highest BCUT2D eigenvalue weighted by atomic mass is 79.9. The lowest BCUT2D eigenvalue weighted by Crippen LogP contribution is -2.03. The van der Waals surface area contributed by atoms with Crippen molar-refractivity contribution in [1.82, 2.24) is 4.98 Å². The number of furan rings is 1. The number of anilines is 1. The van der Waals surface area contributed by atoms with Crippen LogP contribution in [0.5, 0.6) is 5.75 Å². The standard InChI is InChI=1S/C28H16BrN3O4S/c1-34-26-10-19-18-4-2-3-5-24(18)35-25(19)11-21(26)31-13-16(12-30)27-32-22(14-37-27)20-9-15-8-17(29)6-7-23(15)36-28(20)33/h2-11,13-14,31H,1H3/b16-13+. The van der Waals surface area contributed by atoms with Crippen LogP contribution in [0.3, 0.4) is 0 Å². The molecule has 0 aliphatic rings. The first kappa shape index (κ1) is 23.0. The van der Waals surface area contributed by atoms with Gasteiger partial charge in [0.1, 0.15) is 39.1 Å². The van der Waals surface area contributed by atoms with E-state index < -0.39 is 5.63 Å². The zero-order chi connectivity index (χ0) is 25.5. The molecule has 9 heteroatoms. The number of ether oxygens (including phenoxy) is 1. The van der Waals surface area contributed by atoms with Gasteiger partial charge in [-0.3, -0.25) is 0 Å². The molecule has 37 heavy (non-hydrogen) atoms. The number of aromatic nitrogens is 1. The third kappa shape index (κ3) is 4.16. The Kier molecular flexibility index (Phi) is 5.75. The maximum atomic E-state index is 12.6. The average Bonchev–Trinajstić information content (AvgIpc) is 3.53. The number of rotatable bonds is 5. The van der Waals surface area contributed by atoms with Crippen molar-refractivity contribution in [3.05, 3.63) is 92.1 Å². The lowest BCUT2D eigenvalue weighted by atomic mass is 10.1. The van der Waals surface area contributed by atoms with Crippen molar-refractivity contribution in [2.24, 2.45) is 0 Å². The van der Waals surface area contributed by atoms with Gasteiger partial charge >= 0.3 is 5.63 Å². The lowest BCUT2D eigenvalue weighted by Gasteiger charge is -2.08. The molecule has 0 unspecified atom stereocenters. The van der Waals surface area contributed by atoms with Crippen LogP contribution in [0.25, 0.3) is 49.7 Å². The minimum absolute atomic E-state index is 0.302. The number of nitriles is 1. The van der Waals surface area contributed by atoms with Gasteiger partial charge in [-0.05, 0) is 36.4 Å². The molecule has 6 aromatic rings. The number of thiazole rings is 1. The Balaban J connectivity index is 1.34. The SMILES string of the molecule is COc1cc2c(cc1N/C=C(\C#N)c1nc(-c3cc4cc(Br)ccc4oc3=O)cs1)oc1ccccc12. The molecule has 1 N–H and O–H groups in total. The molecule has 3 aromatic carbocycles. The van der Waals surface area contributed by atoms with Gasteiger partial charge in [-0.1, -0.05) is 34.1 Å². The Morgan fingerprint density at radius 2 is 1.95 bits per heavy atom. The van der Waals surface area contributed by atoms with Gasteiger partial charge in [0.15, 0.2) is 0 Å². The zero-order valence-corrected chi connectivity index (χ0v) is 21.6. The van der Waals surface area contributed by atoms with Crippen molar-refractivity contribution >= 4 is 71.4 Å². The molecule has 6 rings (SSSR count). The Hall–Kier alpha value is -4.39. The number of hydrogen-bond acceptors (Lipinski definition) is 8. The van der Waals surface area contributed by atoms with E-state index in [4.69, 9.17) is 13.6 Å². The predicted octanol–water partition coefficient (Wildman–Crippen LogP) is 7.56. The number of halogens is 1. The number of methoxy groups -OCH3 is 1. The number of nitrogens with one attached hydrogen (secondary N) is 1. The molecule has 0 radical (unpaired) electrons. The number of allylic oxidation sites excluding steroid dienone is 1. The van der Waals surface area contributed by atoms with Gasteiger partial charge in [-0.15, -0.1) is 11.3 Å². The van der Waals surface area contributed by atoms with E-state index >= 15 is 0 Å². The van der Waals surface area contributed by atoms with Crippen LogP contribution in [-0.4, -0.2) is 12.1 Å². The van der Waals surface area contributed by atoms with Crippen molar-refractivity contribution < 1.29 is 13.6 Å². The molecule has 180 valence electrons. The smallest absolute Gasteiger partial charge is 0.345 e. The second-order valence-corrected chi connectivity index (χ2v) is 9.90. The molecule has 0 atom stereocenters. The molecule has 0 saturated carbocycles. The fourth-order valence-electron chi connectivity index (χ4n) is 4.12. The zero-order valence-electron chi connectivity index (χ0n) is 19.2. The monoisotopic (exact) mass is 569 g/mol. The highest BCUT2D eigenvalue weighted by Crippen LogP contribution is 2.37. The Morgan fingerprint density at radius 3 is 2.78 bits per heavy atom. The van der Waals surface area contributed by atoms with E-state index in [1.165, 1.54) is 11.3 Å². The largest absolute Gasteiger partial charge is 0.495 e. The summed E-state index contributed by atoms with van der Waals surface area (Å²) < 4.78 is 17.9. The fraction of sp³-hybridized carbons (Fsp3) is 0.0357. The van der Waals surface area contributed by atoms with Gasteiger partial charge in [0, 0.05) is 38.3 Å². The summed E-state index contributed by atoms with van der Waals surface area (Å²) in [5.41, 5.74) is 3.19.